The smallest absolute Gasteiger partial charge is 0.144 e. The number of Topliss-reactive ketones (excluding diaryl/α,β-unsaturated/α-hetero) is 1. The normalized spacial score (nSPS) is 17.2. The maximum Gasteiger partial charge on any atom is 0.144 e. The summed E-state index contributed by atoms with van der Waals surface area (Å²) < 4.78 is 0. The van der Waals surface area contributed by atoms with Crippen molar-refractivity contribution in [1.29, 1.82) is 0 Å². The molecule has 0 bridgehead atoms. The third kappa shape index (κ3) is 1.90. The Morgan fingerprint density at radius 2 is 1.88 bits per heavy atom. The van der Waals surface area contributed by atoms with Crippen LogP contribution in [-0.4, -0.2) is 12.3 Å². The Balaban J connectivity index is 2.18. The van der Waals surface area contributed by atoms with Crippen molar-refractivity contribution in [1.82, 2.24) is 0 Å². The van der Waals surface area contributed by atoms with Gasteiger partial charge in [0.05, 0.1) is 0 Å². The van der Waals surface area contributed by atoms with Crippen LogP contribution in [-0.2, 0) is 11.2 Å². The van der Waals surface area contributed by atoms with Crippen molar-refractivity contribution in [3.8, 4) is 0 Å². The molecule has 1 aromatic rings. The zero-order valence-electron chi connectivity index (χ0n) is 10.0. The molecule has 2 nitrogen and oxygen atoms in total. The highest BCUT2D eigenvalue weighted by Crippen LogP contribution is 2.46. The van der Waals surface area contributed by atoms with Gasteiger partial charge in [-0.15, -0.1) is 0 Å². The minimum Gasteiger partial charge on any atom is -0.329 e. The highest BCUT2D eigenvalue weighted by molar-refractivity contribution is 5.89. The molecule has 86 valence electrons. The van der Waals surface area contributed by atoms with Gasteiger partial charge in [0, 0.05) is 18.4 Å². The lowest BCUT2D eigenvalue weighted by Gasteiger charge is -2.14. The minimum absolute atomic E-state index is 0.172. The molecule has 1 aliphatic rings. The second-order valence-corrected chi connectivity index (χ2v) is 4.95. The van der Waals surface area contributed by atoms with Crippen molar-refractivity contribution in [3.05, 3.63) is 34.9 Å². The van der Waals surface area contributed by atoms with Gasteiger partial charge in [0.1, 0.15) is 5.78 Å². The monoisotopic (exact) mass is 217 g/mol. The number of hydrogen-bond donors (Lipinski definition) is 1. The van der Waals surface area contributed by atoms with Crippen molar-refractivity contribution in [3.63, 3.8) is 0 Å². The molecule has 16 heavy (non-hydrogen) atoms. The van der Waals surface area contributed by atoms with E-state index in [1.54, 1.807) is 0 Å². The standard InChI is InChI=1S/C14H19NO/c1-10-4-3-5-11(2)12(10)8-13(16)14(9-15)6-7-14/h3-5H,6-9,15H2,1-2H3. The van der Waals surface area contributed by atoms with E-state index in [4.69, 9.17) is 5.73 Å². The molecule has 0 amide bonds. The van der Waals surface area contributed by atoms with Crippen LogP contribution in [0.4, 0.5) is 0 Å². The zero-order valence-corrected chi connectivity index (χ0v) is 10.0. The van der Waals surface area contributed by atoms with E-state index >= 15 is 0 Å². The van der Waals surface area contributed by atoms with Crippen molar-refractivity contribution in [2.24, 2.45) is 11.1 Å². The zero-order chi connectivity index (χ0) is 11.8. The van der Waals surface area contributed by atoms with Crippen LogP contribution in [0, 0.1) is 19.3 Å². The fourth-order valence-electron chi connectivity index (χ4n) is 2.22. The van der Waals surface area contributed by atoms with Crippen LogP contribution in [0.3, 0.4) is 0 Å². The Labute approximate surface area is 96.8 Å². The van der Waals surface area contributed by atoms with Crippen LogP contribution >= 0.6 is 0 Å². The molecule has 1 aliphatic carbocycles. The topological polar surface area (TPSA) is 43.1 Å². The van der Waals surface area contributed by atoms with Crippen LogP contribution in [0.15, 0.2) is 18.2 Å². The maximum atomic E-state index is 12.2. The van der Waals surface area contributed by atoms with Crippen molar-refractivity contribution in [2.75, 3.05) is 6.54 Å². The van der Waals surface area contributed by atoms with Gasteiger partial charge in [-0.25, -0.2) is 0 Å². The molecular weight excluding hydrogens is 198 g/mol. The van der Waals surface area contributed by atoms with Gasteiger partial charge in [0.25, 0.3) is 0 Å². The summed E-state index contributed by atoms with van der Waals surface area (Å²) in [6, 6.07) is 6.17. The Bertz CT molecular complexity index is 398. The van der Waals surface area contributed by atoms with E-state index in [0.29, 0.717) is 18.7 Å². The molecule has 0 aromatic heterocycles. The van der Waals surface area contributed by atoms with E-state index < -0.39 is 0 Å². The summed E-state index contributed by atoms with van der Waals surface area (Å²) in [6.45, 7) is 4.64. The predicted octanol–water partition coefficient (Wildman–Crippen LogP) is 2.15. The van der Waals surface area contributed by atoms with Gasteiger partial charge in [-0.2, -0.15) is 0 Å². The molecule has 0 spiro atoms. The van der Waals surface area contributed by atoms with Crippen LogP contribution in [0.2, 0.25) is 0 Å². The van der Waals surface area contributed by atoms with Crippen molar-refractivity contribution in [2.45, 2.75) is 33.1 Å². The van der Waals surface area contributed by atoms with Crippen LogP contribution < -0.4 is 5.73 Å². The summed E-state index contributed by atoms with van der Waals surface area (Å²) in [4.78, 5) is 12.2. The molecule has 2 rings (SSSR count). The van der Waals surface area contributed by atoms with Gasteiger partial charge in [0.2, 0.25) is 0 Å². The van der Waals surface area contributed by atoms with Gasteiger partial charge in [-0.3, -0.25) is 4.79 Å². The summed E-state index contributed by atoms with van der Waals surface area (Å²) >= 11 is 0. The first-order valence-electron chi connectivity index (χ1n) is 5.87. The van der Waals surface area contributed by atoms with Crippen molar-refractivity contribution >= 4 is 5.78 Å². The molecule has 0 radical (unpaired) electrons. The molecule has 0 heterocycles. The Kier molecular flexibility index (Phi) is 2.85. The number of ketones is 1. The lowest BCUT2D eigenvalue weighted by Crippen LogP contribution is -2.27. The summed E-state index contributed by atoms with van der Waals surface area (Å²) in [5.74, 6) is 0.326. The predicted molar refractivity (Wildman–Crippen MR) is 65.3 cm³/mol. The third-order valence-corrected chi connectivity index (χ3v) is 3.82. The Hall–Kier alpha value is -1.15. The first kappa shape index (κ1) is 11.3. The van der Waals surface area contributed by atoms with E-state index in [9.17, 15) is 4.79 Å². The van der Waals surface area contributed by atoms with E-state index in [2.05, 4.69) is 26.0 Å². The minimum atomic E-state index is -0.172. The summed E-state index contributed by atoms with van der Waals surface area (Å²) in [5, 5.41) is 0. The number of rotatable bonds is 4. The lowest BCUT2D eigenvalue weighted by atomic mass is 9.91. The SMILES string of the molecule is Cc1cccc(C)c1CC(=O)C1(CN)CC1. The van der Waals surface area contributed by atoms with Crippen LogP contribution in [0.5, 0.6) is 0 Å². The molecule has 2 heteroatoms. The number of nitrogens with two attached hydrogens (primary N) is 1. The molecule has 2 N–H and O–H groups in total. The van der Waals surface area contributed by atoms with Crippen LogP contribution in [0.1, 0.15) is 29.5 Å². The fourth-order valence-corrected chi connectivity index (χ4v) is 2.22. The molecular formula is C14H19NO. The maximum absolute atomic E-state index is 12.2. The van der Waals surface area contributed by atoms with E-state index in [-0.39, 0.29) is 5.41 Å². The van der Waals surface area contributed by atoms with Gasteiger partial charge >= 0.3 is 0 Å². The number of carbonyl (C=O) groups is 1. The molecule has 0 saturated heterocycles. The molecule has 1 aromatic carbocycles. The number of hydrogen-bond acceptors (Lipinski definition) is 2. The molecule has 1 fully saturated rings. The lowest BCUT2D eigenvalue weighted by molar-refractivity contribution is -0.123. The summed E-state index contributed by atoms with van der Waals surface area (Å²) in [5.41, 5.74) is 9.11. The number of benzene rings is 1. The van der Waals surface area contributed by atoms with Gasteiger partial charge in [-0.1, -0.05) is 18.2 Å². The fraction of sp³-hybridized carbons (Fsp3) is 0.500. The van der Waals surface area contributed by atoms with E-state index in [1.807, 2.05) is 6.07 Å². The average Bonchev–Trinajstić information content (AvgIpc) is 3.04. The quantitative estimate of drug-likeness (QED) is 0.839. The largest absolute Gasteiger partial charge is 0.329 e. The first-order valence-corrected chi connectivity index (χ1v) is 5.87. The van der Waals surface area contributed by atoms with E-state index in [1.165, 1.54) is 16.7 Å². The second-order valence-electron chi connectivity index (χ2n) is 4.95. The Morgan fingerprint density at radius 1 is 1.31 bits per heavy atom. The number of carbonyl (C=O) groups excluding carboxylic acids is 1. The summed E-state index contributed by atoms with van der Waals surface area (Å²) in [6.07, 6.45) is 2.51. The molecule has 1 saturated carbocycles. The van der Waals surface area contributed by atoms with Gasteiger partial charge < -0.3 is 5.73 Å². The van der Waals surface area contributed by atoms with Gasteiger partial charge in [-0.05, 0) is 43.4 Å². The first-order chi connectivity index (χ1) is 7.59. The Morgan fingerprint density at radius 3 is 2.31 bits per heavy atom. The van der Waals surface area contributed by atoms with Crippen molar-refractivity contribution < 1.29 is 4.79 Å². The molecule has 0 unspecified atom stereocenters. The molecule has 0 atom stereocenters. The van der Waals surface area contributed by atoms with E-state index in [0.717, 1.165) is 12.8 Å². The number of aryl methyl sites for hydroxylation is 2. The van der Waals surface area contributed by atoms with Gasteiger partial charge in [0.15, 0.2) is 0 Å². The summed E-state index contributed by atoms with van der Waals surface area (Å²) in [7, 11) is 0. The highest BCUT2D eigenvalue weighted by Gasteiger charge is 2.47. The molecule has 0 aliphatic heterocycles. The average molecular weight is 217 g/mol. The third-order valence-electron chi connectivity index (χ3n) is 3.82. The second kappa shape index (κ2) is 4.02. The van der Waals surface area contributed by atoms with Crippen LogP contribution in [0.25, 0.3) is 0 Å². The highest BCUT2D eigenvalue weighted by atomic mass is 16.1.